The van der Waals surface area contributed by atoms with E-state index in [2.05, 4.69) is 15.3 Å². The first kappa shape index (κ1) is 27.0. The van der Waals surface area contributed by atoms with Crippen LogP contribution in [0.15, 0.2) is 103 Å². The van der Waals surface area contributed by atoms with Crippen LogP contribution in [0.2, 0.25) is 0 Å². The van der Waals surface area contributed by atoms with Crippen LogP contribution in [-0.2, 0) is 30.4 Å². The van der Waals surface area contributed by atoms with Crippen molar-refractivity contribution >= 4 is 41.7 Å². The number of nitrogens with one attached hydrogen (secondary N) is 1. The quantitative estimate of drug-likeness (QED) is 0.184. The van der Waals surface area contributed by atoms with Crippen molar-refractivity contribution in [3.05, 3.63) is 83.2 Å². The van der Waals surface area contributed by atoms with Gasteiger partial charge in [-0.1, -0.05) is 12.1 Å². The molecular weight excluding hydrogens is 564 g/mol. The van der Waals surface area contributed by atoms with Crippen molar-refractivity contribution in [2.24, 2.45) is 10.2 Å². The Morgan fingerprint density at radius 2 is 1.03 bits per heavy atom. The summed E-state index contributed by atoms with van der Waals surface area (Å²) in [5, 5.41) is 10.7. The second-order valence-corrected chi connectivity index (χ2v) is 11.9. The molecule has 1 aromatic heterocycles. The normalized spacial score (nSPS) is 12.7. The number of aromatic amines is 1. The zero-order valence-corrected chi connectivity index (χ0v) is 21.1. The molecule has 0 unspecified atom stereocenters. The molecule has 38 heavy (non-hydrogen) atoms. The van der Waals surface area contributed by atoms with Crippen LogP contribution < -0.4 is 5.56 Å². The SMILES string of the molecule is O=c1c(N=Nc2ccc(S(=O)(=O)O)cc2)c(-c2ccc(S(=O)(=O)O)cc2)[nH]n1-c1ccc(S(=O)(=O)O)cc1. The van der Waals surface area contributed by atoms with E-state index in [-0.39, 0.29) is 33.2 Å². The van der Waals surface area contributed by atoms with Crippen molar-refractivity contribution in [1.82, 2.24) is 9.78 Å². The second-order valence-electron chi connectivity index (χ2n) is 7.61. The number of benzene rings is 3. The van der Waals surface area contributed by atoms with Crippen LogP contribution in [0.1, 0.15) is 0 Å². The first-order chi connectivity index (χ1) is 17.6. The van der Waals surface area contributed by atoms with Crippen molar-refractivity contribution in [1.29, 1.82) is 0 Å². The Balaban J connectivity index is 1.83. The molecule has 4 rings (SSSR count). The number of rotatable bonds is 7. The standard InChI is InChI=1S/C21H16N4O10S3/c26-21-20(23-22-14-3-9-17(10-4-14)37(30,31)32)19(13-1-7-16(8-2-13)36(27,28)29)24-25(21)15-5-11-18(12-6-15)38(33,34)35/h1-12,24H,(H,27,28,29)(H,30,31,32)(H,33,34,35). The van der Waals surface area contributed by atoms with Crippen molar-refractivity contribution < 1.29 is 38.9 Å². The number of nitrogens with zero attached hydrogens (tertiary/aromatic N) is 3. The molecule has 0 fully saturated rings. The summed E-state index contributed by atoms with van der Waals surface area (Å²) in [7, 11) is -13.4. The third-order valence-corrected chi connectivity index (χ3v) is 7.70. The molecule has 0 bridgehead atoms. The Hall–Kier alpha value is -4.00. The number of hydrogen-bond acceptors (Lipinski definition) is 9. The predicted octanol–water partition coefficient (Wildman–Crippen LogP) is 2.99. The Morgan fingerprint density at radius 1 is 0.605 bits per heavy atom. The molecule has 0 saturated heterocycles. The number of azo groups is 1. The smallest absolute Gasteiger partial charge is 0.288 e. The molecule has 4 N–H and O–H groups in total. The minimum absolute atomic E-state index is 0.0639. The van der Waals surface area contributed by atoms with Gasteiger partial charge in [-0.2, -0.15) is 30.4 Å². The fourth-order valence-corrected chi connectivity index (χ4v) is 4.70. The van der Waals surface area contributed by atoms with Gasteiger partial charge in [-0.05, 0) is 60.7 Å². The molecule has 0 amide bonds. The van der Waals surface area contributed by atoms with E-state index in [0.29, 0.717) is 0 Å². The Bertz CT molecular complexity index is 1930. The average Bonchev–Trinajstić information content (AvgIpc) is 3.17. The fourth-order valence-electron chi connectivity index (χ4n) is 3.26. The van der Waals surface area contributed by atoms with Gasteiger partial charge in [0, 0.05) is 5.56 Å². The molecule has 0 aliphatic rings. The summed E-state index contributed by atoms with van der Waals surface area (Å²) in [6, 6.07) is 14.0. The van der Waals surface area contributed by atoms with Crippen LogP contribution in [0, 0.1) is 0 Å². The van der Waals surface area contributed by atoms with Crippen LogP contribution in [0.5, 0.6) is 0 Å². The van der Waals surface area contributed by atoms with Crippen molar-refractivity contribution in [2.75, 3.05) is 0 Å². The Labute approximate surface area is 215 Å². The van der Waals surface area contributed by atoms with E-state index in [1.807, 2.05) is 0 Å². The van der Waals surface area contributed by atoms with Gasteiger partial charge >= 0.3 is 0 Å². The van der Waals surface area contributed by atoms with E-state index in [1.165, 1.54) is 36.4 Å². The van der Waals surface area contributed by atoms with Crippen LogP contribution in [-0.4, -0.2) is 48.7 Å². The Morgan fingerprint density at radius 3 is 1.47 bits per heavy atom. The van der Waals surface area contributed by atoms with Crippen LogP contribution >= 0.6 is 0 Å². The highest BCUT2D eigenvalue weighted by molar-refractivity contribution is 7.86. The summed E-state index contributed by atoms with van der Waals surface area (Å²) in [6.07, 6.45) is 0. The highest BCUT2D eigenvalue weighted by Crippen LogP contribution is 2.29. The summed E-state index contributed by atoms with van der Waals surface area (Å²) in [5.74, 6) is 0. The summed E-state index contributed by atoms with van der Waals surface area (Å²) in [6.45, 7) is 0. The van der Waals surface area contributed by atoms with Crippen LogP contribution in [0.4, 0.5) is 11.4 Å². The molecular formula is C21H16N4O10S3. The maximum absolute atomic E-state index is 13.2. The van der Waals surface area contributed by atoms with Crippen LogP contribution in [0.25, 0.3) is 16.9 Å². The fraction of sp³-hybridized carbons (Fsp3) is 0. The zero-order chi connectivity index (χ0) is 27.9. The highest BCUT2D eigenvalue weighted by atomic mass is 32.2. The lowest BCUT2D eigenvalue weighted by Crippen LogP contribution is -2.14. The average molecular weight is 581 g/mol. The van der Waals surface area contributed by atoms with Crippen molar-refractivity contribution in [3.63, 3.8) is 0 Å². The maximum Gasteiger partial charge on any atom is 0.299 e. The number of H-pyrrole nitrogens is 1. The van der Waals surface area contributed by atoms with E-state index >= 15 is 0 Å². The molecule has 0 aliphatic heterocycles. The number of aromatic nitrogens is 2. The van der Waals surface area contributed by atoms with Gasteiger partial charge in [0.05, 0.1) is 31.8 Å². The molecule has 0 saturated carbocycles. The van der Waals surface area contributed by atoms with Gasteiger partial charge in [0.1, 0.15) is 0 Å². The monoisotopic (exact) mass is 580 g/mol. The molecule has 0 aliphatic carbocycles. The van der Waals surface area contributed by atoms with Crippen LogP contribution in [0.3, 0.4) is 0 Å². The first-order valence-corrected chi connectivity index (χ1v) is 14.5. The van der Waals surface area contributed by atoms with Gasteiger partial charge in [0.2, 0.25) is 0 Å². The topological polar surface area (TPSA) is 226 Å². The molecule has 3 aromatic carbocycles. The molecule has 4 aromatic rings. The van der Waals surface area contributed by atoms with Gasteiger partial charge in [-0.3, -0.25) is 23.6 Å². The lowest BCUT2D eigenvalue weighted by molar-refractivity contribution is 0.481. The summed E-state index contributed by atoms with van der Waals surface area (Å²) in [5.41, 5.74) is -0.418. The van der Waals surface area contributed by atoms with Gasteiger partial charge in [-0.15, -0.1) is 5.11 Å². The Kier molecular flexibility index (Phi) is 6.91. The molecule has 17 heteroatoms. The molecule has 14 nitrogen and oxygen atoms in total. The van der Waals surface area contributed by atoms with Crippen molar-refractivity contribution in [3.8, 4) is 16.9 Å². The van der Waals surface area contributed by atoms with E-state index in [9.17, 15) is 39.2 Å². The zero-order valence-electron chi connectivity index (χ0n) is 18.7. The third kappa shape index (κ3) is 5.77. The summed E-state index contributed by atoms with van der Waals surface area (Å²) in [4.78, 5) is 12.1. The second kappa shape index (κ2) is 9.71. The largest absolute Gasteiger partial charge is 0.299 e. The molecule has 198 valence electrons. The highest BCUT2D eigenvalue weighted by Gasteiger charge is 2.19. The number of hydrogen-bond donors (Lipinski definition) is 4. The predicted molar refractivity (Wildman–Crippen MR) is 132 cm³/mol. The van der Waals surface area contributed by atoms with Crippen molar-refractivity contribution in [2.45, 2.75) is 14.7 Å². The minimum Gasteiger partial charge on any atom is -0.288 e. The van der Waals surface area contributed by atoms with Gasteiger partial charge in [0.15, 0.2) is 5.69 Å². The lowest BCUT2D eigenvalue weighted by atomic mass is 10.1. The lowest BCUT2D eigenvalue weighted by Gasteiger charge is -2.04. The summed E-state index contributed by atoms with van der Waals surface area (Å²) >= 11 is 0. The molecule has 0 spiro atoms. The van der Waals surface area contributed by atoms with E-state index < -0.39 is 45.7 Å². The third-order valence-electron chi connectivity index (χ3n) is 5.10. The van der Waals surface area contributed by atoms with E-state index in [0.717, 1.165) is 41.1 Å². The molecule has 0 radical (unpaired) electrons. The first-order valence-electron chi connectivity index (χ1n) is 10.1. The molecule has 1 heterocycles. The van der Waals surface area contributed by atoms with E-state index in [4.69, 9.17) is 4.55 Å². The van der Waals surface area contributed by atoms with Gasteiger partial charge < -0.3 is 0 Å². The minimum atomic E-state index is -4.48. The maximum atomic E-state index is 13.2. The summed E-state index contributed by atoms with van der Waals surface area (Å²) < 4.78 is 96.4. The van der Waals surface area contributed by atoms with E-state index in [1.54, 1.807) is 0 Å². The van der Waals surface area contributed by atoms with Gasteiger partial charge in [-0.25, -0.2) is 4.68 Å². The van der Waals surface area contributed by atoms with Gasteiger partial charge in [0.25, 0.3) is 35.9 Å². The molecule has 0 atom stereocenters.